The van der Waals surface area contributed by atoms with Gasteiger partial charge in [0.05, 0.1) is 31.3 Å². The number of hydrogen-bond donors (Lipinski definition) is 8. The number of Topliss-reactive ketones (excluding diaryl/α,β-unsaturated/α-hetero) is 1. The predicted molar refractivity (Wildman–Crippen MR) is 194 cm³/mol. The number of benzene rings is 1. The van der Waals surface area contributed by atoms with Crippen LogP contribution in [-0.2, 0) is 44.8 Å². The lowest BCUT2D eigenvalue weighted by atomic mass is 10.0. The predicted octanol–water partition coefficient (Wildman–Crippen LogP) is 1.51. The minimum atomic E-state index is -1.14. The molecule has 0 spiro atoms. The Labute approximate surface area is 304 Å². The number of rotatable bonds is 23. The Kier molecular flexibility index (Phi) is 26.2. The summed E-state index contributed by atoms with van der Waals surface area (Å²) < 4.78 is 0. The van der Waals surface area contributed by atoms with Gasteiger partial charge in [0, 0.05) is 18.1 Å². The lowest BCUT2D eigenvalue weighted by molar-refractivity contribution is -0.141. The van der Waals surface area contributed by atoms with Crippen molar-refractivity contribution in [1.82, 2.24) is 26.6 Å². The minimum absolute atomic E-state index is 0.0464. The van der Waals surface area contributed by atoms with E-state index in [9.17, 15) is 38.4 Å². The summed E-state index contributed by atoms with van der Waals surface area (Å²) in [6, 6.07) is 6.48. The van der Waals surface area contributed by atoms with Gasteiger partial charge in [-0.3, -0.25) is 38.4 Å². The number of amides is 4. The molecule has 288 valence electrons. The molecule has 16 heteroatoms. The Hall–Kier alpha value is -5.64. The van der Waals surface area contributed by atoms with Crippen LogP contribution in [-0.4, -0.2) is 99.9 Å². The largest absolute Gasteiger partial charge is 0.481 e. The summed E-state index contributed by atoms with van der Waals surface area (Å²) in [5.74, 6) is -4.32. The van der Waals surface area contributed by atoms with Crippen LogP contribution in [0.1, 0.15) is 65.9 Å². The molecule has 0 saturated carbocycles. The van der Waals surface area contributed by atoms with Crippen LogP contribution in [0.3, 0.4) is 0 Å². The number of aliphatic carboxylic acids is 3. The number of carbonyl (C=O) groups excluding carboxylic acids is 5. The molecule has 1 aromatic rings. The maximum absolute atomic E-state index is 11.9. The fourth-order valence-electron chi connectivity index (χ4n) is 4.32. The van der Waals surface area contributed by atoms with E-state index in [1.807, 2.05) is 37.3 Å². The summed E-state index contributed by atoms with van der Waals surface area (Å²) in [5.41, 5.74) is 1.94. The van der Waals surface area contributed by atoms with Crippen molar-refractivity contribution in [3.8, 4) is 0 Å². The smallest absolute Gasteiger partial charge is 0.305 e. The molecule has 16 nitrogen and oxygen atoms in total. The fourth-order valence-corrected chi connectivity index (χ4v) is 4.32. The molecule has 5 unspecified atom stereocenters. The van der Waals surface area contributed by atoms with Crippen LogP contribution in [0.15, 0.2) is 67.3 Å². The lowest BCUT2D eigenvalue weighted by Gasteiger charge is -2.21. The molecule has 0 saturated heterocycles. The monoisotopic (exact) mass is 731 g/mol. The second-order valence-corrected chi connectivity index (χ2v) is 11.8. The van der Waals surface area contributed by atoms with Crippen LogP contribution < -0.4 is 26.6 Å². The van der Waals surface area contributed by atoms with Crippen LogP contribution in [0.2, 0.25) is 0 Å². The highest BCUT2D eigenvalue weighted by atomic mass is 16.4. The van der Waals surface area contributed by atoms with Gasteiger partial charge in [-0.15, -0.1) is 0 Å². The van der Waals surface area contributed by atoms with Gasteiger partial charge < -0.3 is 41.9 Å². The summed E-state index contributed by atoms with van der Waals surface area (Å²) in [7, 11) is 0. The van der Waals surface area contributed by atoms with E-state index in [2.05, 4.69) is 39.7 Å². The topological polar surface area (TPSA) is 257 Å². The van der Waals surface area contributed by atoms with E-state index in [1.165, 1.54) is 6.92 Å². The lowest BCUT2D eigenvalue weighted by Crippen LogP contribution is -2.50. The number of hydrogen-bond acceptors (Lipinski definition) is 9. The quantitative estimate of drug-likeness (QED) is 0.0589. The molecule has 52 heavy (non-hydrogen) atoms. The van der Waals surface area contributed by atoms with Crippen LogP contribution in [0, 0.1) is 0 Å². The molecule has 4 amide bonds. The molecule has 0 fully saturated rings. The average Bonchev–Trinajstić information content (AvgIpc) is 3.03. The molecule has 0 aliphatic rings. The summed E-state index contributed by atoms with van der Waals surface area (Å²) in [5, 5.41) is 38.6. The molecule has 0 heterocycles. The Balaban J connectivity index is 0. The first-order chi connectivity index (χ1) is 24.4. The number of carboxylic acids is 3. The zero-order valence-corrected chi connectivity index (χ0v) is 30.3. The number of nitrogens with one attached hydrogen (secondary N) is 5. The third kappa shape index (κ3) is 25.3. The van der Waals surface area contributed by atoms with Gasteiger partial charge in [-0.1, -0.05) is 75.6 Å². The number of allylic oxidation sites excluding steroid dienone is 3. The number of carbonyl (C=O) groups is 8. The van der Waals surface area contributed by atoms with Crippen LogP contribution in [0.4, 0.5) is 0 Å². The van der Waals surface area contributed by atoms with Gasteiger partial charge in [-0.05, 0) is 44.7 Å². The van der Waals surface area contributed by atoms with Gasteiger partial charge in [-0.25, -0.2) is 0 Å². The van der Waals surface area contributed by atoms with E-state index in [1.54, 1.807) is 39.0 Å². The standard InChI is InChI=1S/C14H18N2O4.C11H20N2O5.C11H15NO2/c1-10(7-11-5-3-2-4-6-11)16-14(20)12(15-9-17)8-13(18)19;1-6(2)12-8(5-10(16)17)11(18)13-7(3)4-9(14)15;1-4-6-10(5-2)7-11(9(3)14)12-8-13/h2-6,9-10,12H,7-8H2,1H3,(H,15,17)(H,16,20)(H,18,19);6-8,12H,4-5H2,1-3H3,(H,13,18)(H,14,15)(H,16,17);4-6,8,11H,1-2,7H2,3H3,(H,12,13)/b;;10-6+. The first kappa shape index (κ1) is 48.5. The van der Waals surface area contributed by atoms with Gasteiger partial charge in [0.15, 0.2) is 5.78 Å². The maximum atomic E-state index is 11.9. The van der Waals surface area contributed by atoms with E-state index < -0.39 is 60.3 Å². The van der Waals surface area contributed by atoms with Crippen LogP contribution in [0.25, 0.3) is 0 Å². The van der Waals surface area contributed by atoms with E-state index in [0.717, 1.165) is 11.1 Å². The molecule has 0 aliphatic carbocycles. The SMILES string of the molecule is C=C/C=C(\C=C)CC(NC=O)C(C)=O.CC(C)NC(CC(=O)O)C(=O)NC(C)CC(=O)O.CC(Cc1ccccc1)NC(=O)C(CC(=O)O)NC=O. The second-order valence-electron chi connectivity index (χ2n) is 11.8. The van der Waals surface area contributed by atoms with Crippen molar-refractivity contribution < 1.29 is 53.7 Å². The van der Waals surface area contributed by atoms with Crippen molar-refractivity contribution in [2.75, 3.05) is 0 Å². The highest BCUT2D eigenvalue weighted by Gasteiger charge is 2.24. The molecule has 1 rings (SSSR count). The van der Waals surface area contributed by atoms with Gasteiger partial charge in [0.25, 0.3) is 0 Å². The fraction of sp³-hybridized carbons (Fsp3) is 0.444. The molecule has 0 bridgehead atoms. The highest BCUT2D eigenvalue weighted by Crippen LogP contribution is 2.08. The van der Waals surface area contributed by atoms with Crippen molar-refractivity contribution in [2.24, 2.45) is 0 Å². The molecule has 0 radical (unpaired) electrons. The van der Waals surface area contributed by atoms with Gasteiger partial charge in [-0.2, -0.15) is 0 Å². The summed E-state index contributed by atoms with van der Waals surface area (Å²) in [6.07, 6.45) is 5.97. The van der Waals surface area contributed by atoms with Crippen molar-refractivity contribution in [1.29, 1.82) is 0 Å². The molecular weight excluding hydrogens is 678 g/mol. The van der Waals surface area contributed by atoms with E-state index in [-0.39, 0.29) is 30.7 Å². The Morgan fingerprint density at radius 1 is 0.692 bits per heavy atom. The van der Waals surface area contributed by atoms with E-state index >= 15 is 0 Å². The molecule has 0 aromatic heterocycles. The zero-order chi connectivity index (χ0) is 40.2. The van der Waals surface area contributed by atoms with Gasteiger partial charge >= 0.3 is 17.9 Å². The van der Waals surface area contributed by atoms with E-state index in [0.29, 0.717) is 25.7 Å². The number of carboxylic acid groups (broad SMARTS) is 3. The first-order valence-electron chi connectivity index (χ1n) is 16.3. The van der Waals surface area contributed by atoms with Crippen molar-refractivity contribution in [3.63, 3.8) is 0 Å². The second kappa shape index (κ2) is 28.1. The van der Waals surface area contributed by atoms with Gasteiger partial charge in [0.1, 0.15) is 6.04 Å². The summed E-state index contributed by atoms with van der Waals surface area (Å²) in [6.45, 7) is 15.6. The van der Waals surface area contributed by atoms with Crippen LogP contribution >= 0.6 is 0 Å². The zero-order valence-electron chi connectivity index (χ0n) is 30.3. The van der Waals surface area contributed by atoms with Crippen molar-refractivity contribution in [3.05, 3.63) is 72.9 Å². The summed E-state index contributed by atoms with van der Waals surface area (Å²) in [4.78, 5) is 87.1. The molecule has 0 aliphatic heterocycles. The number of ketones is 1. The molecular formula is C36H53N5O11. The third-order valence-electron chi connectivity index (χ3n) is 6.63. The van der Waals surface area contributed by atoms with Crippen molar-refractivity contribution in [2.45, 2.75) is 103 Å². The maximum Gasteiger partial charge on any atom is 0.305 e. The molecule has 8 N–H and O–H groups in total. The minimum Gasteiger partial charge on any atom is -0.481 e. The molecule has 1 aromatic carbocycles. The van der Waals surface area contributed by atoms with Crippen LogP contribution in [0.5, 0.6) is 0 Å². The summed E-state index contributed by atoms with van der Waals surface area (Å²) >= 11 is 0. The third-order valence-corrected chi connectivity index (χ3v) is 6.63. The average molecular weight is 732 g/mol. The Morgan fingerprint density at radius 2 is 1.17 bits per heavy atom. The Morgan fingerprint density at radius 3 is 1.62 bits per heavy atom. The first-order valence-corrected chi connectivity index (χ1v) is 16.3. The van der Waals surface area contributed by atoms with Gasteiger partial charge in [0.2, 0.25) is 24.6 Å². The highest BCUT2D eigenvalue weighted by molar-refractivity contribution is 5.88. The van der Waals surface area contributed by atoms with E-state index in [4.69, 9.17) is 15.3 Å². The normalized spacial score (nSPS) is 13.3. The molecule has 5 atom stereocenters. The Bertz CT molecular complexity index is 1370. The van der Waals surface area contributed by atoms with Crippen molar-refractivity contribution >= 4 is 48.3 Å².